The molecule has 0 aromatic heterocycles. The number of hydrogen-bond donors (Lipinski definition) is 3. The summed E-state index contributed by atoms with van der Waals surface area (Å²) in [5, 5.41) is 23.0. The minimum atomic E-state index is -0.859. The molecule has 0 aliphatic carbocycles. The lowest BCUT2D eigenvalue weighted by molar-refractivity contribution is -0.143. The standard InChI is InChI=1S/C49H91NO5/c1-3-5-7-9-11-13-15-17-18-20-22-27-31-35-39-43-49(54)55-44-40-36-32-28-24-23-26-30-34-38-42-48(53)50-46(45-51)47(52)41-37-33-29-25-21-19-16-14-12-10-8-6-4-2/h11,13,17-18,37,41,46-47,51-52H,3-10,12,14-16,19-36,38-40,42-45H2,1-2H3,(H,50,53)/b13-11-,18-17-,41-37+. The van der Waals surface area contributed by atoms with Crippen molar-refractivity contribution in [1.82, 2.24) is 5.32 Å². The molecule has 55 heavy (non-hydrogen) atoms. The molecule has 6 nitrogen and oxygen atoms in total. The Hall–Kier alpha value is -1.92. The Morgan fingerprint density at radius 3 is 1.42 bits per heavy atom. The molecule has 0 fully saturated rings. The maximum Gasteiger partial charge on any atom is 0.305 e. The number of nitrogens with one attached hydrogen (secondary N) is 1. The highest BCUT2D eigenvalue weighted by atomic mass is 16.5. The number of carbonyl (C=O) groups is 2. The first-order valence-corrected chi connectivity index (χ1v) is 23.8. The van der Waals surface area contributed by atoms with Crippen molar-refractivity contribution >= 4 is 11.9 Å². The smallest absolute Gasteiger partial charge is 0.305 e. The molecule has 3 N–H and O–H groups in total. The zero-order chi connectivity index (χ0) is 40.1. The van der Waals surface area contributed by atoms with Crippen LogP contribution >= 0.6 is 0 Å². The molecule has 6 heteroatoms. The first-order valence-electron chi connectivity index (χ1n) is 23.8. The fourth-order valence-corrected chi connectivity index (χ4v) is 6.95. The molecule has 2 atom stereocenters. The molecule has 2 unspecified atom stereocenters. The first-order chi connectivity index (χ1) is 27.0. The predicted molar refractivity (Wildman–Crippen MR) is 236 cm³/mol. The van der Waals surface area contributed by atoms with Crippen LogP contribution in [0, 0.1) is 0 Å². The van der Waals surface area contributed by atoms with Gasteiger partial charge in [-0.3, -0.25) is 9.59 Å². The fraction of sp³-hybridized carbons (Fsp3) is 0.837. The lowest BCUT2D eigenvalue weighted by Crippen LogP contribution is -2.45. The van der Waals surface area contributed by atoms with E-state index in [0.717, 1.165) is 70.6 Å². The van der Waals surface area contributed by atoms with Crippen LogP contribution in [-0.2, 0) is 14.3 Å². The minimum Gasteiger partial charge on any atom is -0.466 e. The molecule has 0 heterocycles. The molecule has 0 bridgehead atoms. The van der Waals surface area contributed by atoms with Crippen LogP contribution in [0.25, 0.3) is 0 Å². The van der Waals surface area contributed by atoms with Gasteiger partial charge in [0.15, 0.2) is 0 Å². The van der Waals surface area contributed by atoms with Crippen LogP contribution in [0.15, 0.2) is 36.5 Å². The molecule has 0 radical (unpaired) electrons. The van der Waals surface area contributed by atoms with Gasteiger partial charge in [-0.1, -0.05) is 198 Å². The van der Waals surface area contributed by atoms with Gasteiger partial charge in [0.25, 0.3) is 0 Å². The van der Waals surface area contributed by atoms with Gasteiger partial charge in [-0.2, -0.15) is 0 Å². The van der Waals surface area contributed by atoms with E-state index in [-0.39, 0.29) is 18.5 Å². The Labute approximate surface area is 341 Å². The van der Waals surface area contributed by atoms with Gasteiger partial charge in [-0.05, 0) is 64.2 Å². The van der Waals surface area contributed by atoms with E-state index in [1.807, 2.05) is 6.08 Å². The van der Waals surface area contributed by atoms with Crippen molar-refractivity contribution in [3.63, 3.8) is 0 Å². The number of carbonyl (C=O) groups excluding carboxylic acids is 2. The SMILES string of the molecule is CCCCC/C=C\C/C=C\CCCCCCCC(=O)OCCCCCCCCCCCCC(=O)NC(CO)C(O)/C=C/CCCCCCCCCCCCC. The van der Waals surface area contributed by atoms with Crippen LogP contribution in [0.5, 0.6) is 0 Å². The van der Waals surface area contributed by atoms with Crippen molar-refractivity contribution in [2.24, 2.45) is 0 Å². The number of aliphatic hydroxyl groups excluding tert-OH is 2. The lowest BCUT2D eigenvalue weighted by Gasteiger charge is -2.20. The molecule has 0 aromatic carbocycles. The molecule has 0 aliphatic rings. The molecular formula is C49H91NO5. The quantitative estimate of drug-likeness (QED) is 0.0326. The Balaban J connectivity index is 3.54. The molecule has 0 saturated heterocycles. The van der Waals surface area contributed by atoms with Crippen molar-refractivity contribution < 1.29 is 24.5 Å². The van der Waals surface area contributed by atoms with Crippen molar-refractivity contribution in [1.29, 1.82) is 0 Å². The van der Waals surface area contributed by atoms with E-state index in [0.29, 0.717) is 19.4 Å². The summed E-state index contributed by atoms with van der Waals surface area (Å²) in [6.45, 7) is 4.80. The third kappa shape index (κ3) is 41.5. The summed E-state index contributed by atoms with van der Waals surface area (Å²) in [7, 11) is 0. The van der Waals surface area contributed by atoms with Gasteiger partial charge in [0, 0.05) is 12.8 Å². The van der Waals surface area contributed by atoms with Crippen LogP contribution in [0.1, 0.15) is 239 Å². The number of aliphatic hydroxyl groups is 2. The number of unbranched alkanes of at least 4 members (excludes halogenated alkanes) is 28. The van der Waals surface area contributed by atoms with E-state index in [2.05, 4.69) is 43.5 Å². The van der Waals surface area contributed by atoms with E-state index in [4.69, 9.17) is 4.74 Å². The fourth-order valence-electron chi connectivity index (χ4n) is 6.95. The Morgan fingerprint density at radius 1 is 0.509 bits per heavy atom. The summed E-state index contributed by atoms with van der Waals surface area (Å²) in [6, 6.07) is -0.645. The van der Waals surface area contributed by atoms with E-state index >= 15 is 0 Å². The average Bonchev–Trinajstić information content (AvgIpc) is 3.18. The van der Waals surface area contributed by atoms with Gasteiger partial charge in [-0.25, -0.2) is 0 Å². The molecular weight excluding hydrogens is 683 g/mol. The van der Waals surface area contributed by atoms with Crippen LogP contribution in [0.3, 0.4) is 0 Å². The van der Waals surface area contributed by atoms with Crippen LogP contribution in [0.4, 0.5) is 0 Å². The average molecular weight is 774 g/mol. The Morgan fingerprint density at radius 2 is 0.909 bits per heavy atom. The van der Waals surface area contributed by atoms with Gasteiger partial charge < -0.3 is 20.3 Å². The third-order valence-electron chi connectivity index (χ3n) is 10.7. The molecule has 0 rings (SSSR count). The van der Waals surface area contributed by atoms with Gasteiger partial charge in [0.05, 0.1) is 25.4 Å². The highest BCUT2D eigenvalue weighted by Crippen LogP contribution is 2.14. The van der Waals surface area contributed by atoms with Gasteiger partial charge in [0.2, 0.25) is 5.91 Å². The zero-order valence-electron chi connectivity index (χ0n) is 36.4. The minimum absolute atomic E-state index is 0.0358. The third-order valence-corrected chi connectivity index (χ3v) is 10.7. The maximum absolute atomic E-state index is 12.4. The number of allylic oxidation sites excluding steroid dienone is 5. The van der Waals surface area contributed by atoms with E-state index in [9.17, 15) is 19.8 Å². The predicted octanol–water partition coefficient (Wildman–Crippen LogP) is 13.7. The summed E-state index contributed by atoms with van der Waals surface area (Å²) in [6.07, 6.45) is 52.7. The largest absolute Gasteiger partial charge is 0.466 e. The summed E-state index contributed by atoms with van der Waals surface area (Å²) in [4.78, 5) is 24.4. The Kier molecular flexibility index (Phi) is 43.2. The number of hydrogen-bond acceptors (Lipinski definition) is 5. The molecule has 1 amide bonds. The van der Waals surface area contributed by atoms with Crippen LogP contribution in [-0.4, -0.2) is 47.4 Å². The van der Waals surface area contributed by atoms with E-state index in [1.165, 1.54) is 141 Å². The van der Waals surface area contributed by atoms with Gasteiger partial charge in [0.1, 0.15) is 0 Å². The molecule has 0 aliphatic heterocycles. The van der Waals surface area contributed by atoms with Crippen molar-refractivity contribution in [3.8, 4) is 0 Å². The highest BCUT2D eigenvalue weighted by Gasteiger charge is 2.18. The monoisotopic (exact) mass is 774 g/mol. The summed E-state index contributed by atoms with van der Waals surface area (Å²) >= 11 is 0. The maximum atomic E-state index is 12.4. The zero-order valence-corrected chi connectivity index (χ0v) is 36.4. The second-order valence-electron chi connectivity index (χ2n) is 16.1. The topological polar surface area (TPSA) is 95.9 Å². The van der Waals surface area contributed by atoms with Gasteiger partial charge in [-0.15, -0.1) is 0 Å². The number of amides is 1. The number of ether oxygens (including phenoxy) is 1. The summed E-state index contributed by atoms with van der Waals surface area (Å²) in [5.41, 5.74) is 0. The number of esters is 1. The van der Waals surface area contributed by atoms with E-state index < -0.39 is 12.1 Å². The van der Waals surface area contributed by atoms with Crippen LogP contribution < -0.4 is 5.32 Å². The molecule has 0 saturated carbocycles. The number of rotatable bonds is 43. The lowest BCUT2D eigenvalue weighted by atomic mass is 10.0. The van der Waals surface area contributed by atoms with E-state index in [1.54, 1.807) is 6.08 Å². The van der Waals surface area contributed by atoms with Crippen molar-refractivity contribution in [3.05, 3.63) is 36.5 Å². The van der Waals surface area contributed by atoms with Crippen molar-refractivity contribution in [2.45, 2.75) is 251 Å². The van der Waals surface area contributed by atoms with Crippen LogP contribution in [0.2, 0.25) is 0 Å². The molecule has 0 spiro atoms. The first kappa shape index (κ1) is 53.1. The molecule has 0 aromatic rings. The second-order valence-corrected chi connectivity index (χ2v) is 16.1. The second kappa shape index (κ2) is 44.8. The summed E-state index contributed by atoms with van der Waals surface area (Å²) in [5.74, 6) is -0.129. The van der Waals surface area contributed by atoms with Crippen molar-refractivity contribution in [2.75, 3.05) is 13.2 Å². The highest BCUT2D eigenvalue weighted by molar-refractivity contribution is 5.76. The molecule has 322 valence electrons. The normalized spacial score (nSPS) is 13.0. The van der Waals surface area contributed by atoms with Gasteiger partial charge >= 0.3 is 5.97 Å². The summed E-state index contributed by atoms with van der Waals surface area (Å²) < 4.78 is 5.44. The Bertz CT molecular complexity index is 900.